The molecule has 103 heavy (non-hydrogen) atoms. The Morgan fingerprint density at radius 2 is 0.602 bits per heavy atom. The van der Waals surface area contributed by atoms with Crippen molar-refractivity contribution >= 4 is 87.8 Å². The number of hydrogen-bond acceptors (Lipinski definition) is 20. The minimum absolute atomic E-state index is 0.0335. The lowest BCUT2D eigenvalue weighted by molar-refractivity contribution is -0.142. The first-order valence-electron chi connectivity index (χ1n) is 34.8. The minimum atomic E-state index is -1.51. The highest BCUT2D eigenvalue weighted by Crippen LogP contribution is 2.20. The first kappa shape index (κ1) is 85.4. The van der Waals surface area contributed by atoms with Crippen LogP contribution in [0.3, 0.4) is 0 Å². The zero-order valence-electron chi connectivity index (χ0n) is 58.1. The lowest BCUT2D eigenvalue weighted by atomic mass is 10.0. The van der Waals surface area contributed by atoms with Gasteiger partial charge in [0.05, 0.1) is 6.04 Å². The number of carbonyl (C=O) groups excluding carboxylic acids is 12. The van der Waals surface area contributed by atoms with Gasteiger partial charge in [0.25, 0.3) is 0 Å². The van der Waals surface area contributed by atoms with Crippen molar-refractivity contribution in [1.29, 1.82) is 0 Å². The molecule has 0 radical (unpaired) electrons. The Labute approximate surface area is 598 Å². The van der Waals surface area contributed by atoms with E-state index in [1.807, 2.05) is 0 Å². The molecule has 34 nitrogen and oxygen atoms in total. The predicted molar refractivity (Wildman–Crippen MR) is 384 cm³/mol. The van der Waals surface area contributed by atoms with Gasteiger partial charge in [-0.3, -0.25) is 57.5 Å². The molecule has 0 saturated heterocycles. The molecule has 0 aliphatic carbocycles. The van der Waals surface area contributed by atoms with Crippen LogP contribution in [0.25, 0.3) is 10.9 Å². The number of aliphatic carboxylic acids is 1. The molecule has 4 rings (SSSR count). The quantitative estimate of drug-likeness (QED) is 0.0198. The molecule has 0 fully saturated rings. The van der Waals surface area contributed by atoms with E-state index in [1.54, 1.807) is 91.1 Å². The molecule has 30 N–H and O–H groups in total. The van der Waals surface area contributed by atoms with E-state index in [0.717, 1.165) is 0 Å². The fourth-order valence-electron chi connectivity index (χ4n) is 11.1. The second-order valence-electron chi connectivity index (χ2n) is 25.1. The summed E-state index contributed by atoms with van der Waals surface area (Å²) in [6.45, 7) is 0.563. The molecule has 3 aromatic carbocycles. The highest BCUT2D eigenvalue weighted by atomic mass is 16.4. The SMILES string of the molecule is NCCC[C@H](NC(=O)[C@@H](CCC(N)=O)NC(=O)[C@H](CCCN)NC(=O)[C@@H](Cc1ccccc1)NC(=O)[C@H](CCCN)NC(=O)[C@@H](Cc1c[nH]c2ccccc12)NC(=O)[C@H](CCCN)NC(=O)[C@@H](Cc1ccccc1)NC(=O)[C@H](CCCN)NC(=O)[C@@H](CCC(N)=O)NC(=O)[C@@H](N)CCCN)C(=O)O. The maximum atomic E-state index is 15.1. The molecule has 0 aliphatic rings. The van der Waals surface area contributed by atoms with Crippen LogP contribution in [0.2, 0.25) is 0 Å². The number of nitrogens with one attached hydrogen (secondary N) is 11. The Kier molecular flexibility index (Phi) is 38.6. The average Bonchev–Trinajstić information content (AvgIpc) is 1.59. The number of rotatable bonds is 51. The number of hydrogen-bond donors (Lipinski definition) is 21. The molecule has 1 aromatic heterocycles. The first-order chi connectivity index (χ1) is 49.4. The van der Waals surface area contributed by atoms with Gasteiger partial charge in [-0.2, -0.15) is 0 Å². The number of para-hydroxylation sites is 1. The van der Waals surface area contributed by atoms with Crippen LogP contribution in [0.5, 0.6) is 0 Å². The average molecular weight is 1440 g/mol. The molecule has 1 heterocycles. The summed E-state index contributed by atoms with van der Waals surface area (Å²) < 4.78 is 0. The fraction of sp³-hybridized carbons (Fsp3) is 0.522. The summed E-state index contributed by atoms with van der Waals surface area (Å²) >= 11 is 0. The number of aromatic amines is 1. The van der Waals surface area contributed by atoms with Crippen LogP contribution in [0.15, 0.2) is 91.1 Å². The molecule has 34 heteroatoms. The van der Waals surface area contributed by atoms with E-state index in [4.69, 9.17) is 51.6 Å². The summed E-state index contributed by atoms with van der Waals surface area (Å²) in [4.78, 5) is 183. The van der Waals surface area contributed by atoms with E-state index in [9.17, 15) is 62.6 Å². The smallest absolute Gasteiger partial charge is 0.326 e. The molecule has 566 valence electrons. The van der Waals surface area contributed by atoms with Crippen molar-refractivity contribution < 1.29 is 67.4 Å². The van der Waals surface area contributed by atoms with E-state index < -0.39 is 150 Å². The topological polar surface area (TPSA) is 612 Å². The van der Waals surface area contributed by atoms with Gasteiger partial charge in [0, 0.05) is 49.2 Å². The van der Waals surface area contributed by atoms with Crippen LogP contribution in [0.4, 0.5) is 0 Å². The monoisotopic (exact) mass is 1440 g/mol. The van der Waals surface area contributed by atoms with Crippen molar-refractivity contribution in [3.8, 4) is 0 Å². The van der Waals surface area contributed by atoms with Crippen molar-refractivity contribution in [2.45, 2.75) is 188 Å². The summed E-state index contributed by atoms with van der Waals surface area (Å²) in [5, 5.41) is 37.0. The fourth-order valence-corrected chi connectivity index (χ4v) is 11.1. The summed E-state index contributed by atoms with van der Waals surface area (Å²) in [5.74, 6) is -11.7. The molecular weight excluding hydrogens is 1330 g/mol. The number of fused-ring (bicyclic) bond motifs is 1. The van der Waals surface area contributed by atoms with Gasteiger partial charge in [0.1, 0.15) is 60.4 Å². The van der Waals surface area contributed by atoms with Gasteiger partial charge in [-0.05, 0) is 152 Å². The van der Waals surface area contributed by atoms with Crippen molar-refractivity contribution in [2.75, 3.05) is 39.3 Å². The summed E-state index contributed by atoms with van der Waals surface area (Å²) in [6.07, 6.45) is 0.858. The molecule has 12 amide bonds. The number of H-pyrrole nitrogens is 1. The van der Waals surface area contributed by atoms with Gasteiger partial charge in [-0.1, -0.05) is 78.9 Å². The number of benzene rings is 3. The van der Waals surface area contributed by atoms with E-state index in [0.29, 0.717) is 34.0 Å². The summed E-state index contributed by atoms with van der Waals surface area (Å²) in [7, 11) is 0. The lowest BCUT2D eigenvalue weighted by Crippen LogP contribution is -2.61. The number of amides is 12. The van der Waals surface area contributed by atoms with Crippen molar-refractivity contribution in [3.63, 3.8) is 0 Å². The Hall–Kier alpha value is -9.97. The highest BCUT2D eigenvalue weighted by molar-refractivity contribution is 6.00. The van der Waals surface area contributed by atoms with Crippen LogP contribution >= 0.6 is 0 Å². The standard InChI is InChI=1S/C69H106N20O14/c70-31-9-20-45(76)59(92)80-51(27-29-57(77)90)64(97)81-48(23-11-33-72)61(94)87-55(38-42-17-5-2-6-18-42)67(100)83-50(25-13-35-74)63(96)89-56(39-43-40-79-46-21-8-7-19-44(43)46)68(101)84-49(24-12-34-73)62(95)88-54(37-41-15-3-1-4-16-41)66(99)82-47(22-10-32-71)60(93)85-52(28-30-58(78)91)65(98)86-53(69(102)103)26-14-36-75/h1-8,15-19,21,40,45,47-56,79H,9-14,20,22-39,70-76H2,(H2,77,90)(H2,78,91)(H,80,92)(H,81,97)(H,82,99)(H,83,100)(H,84,101)(H,85,93)(H,86,98)(H,87,94)(H,88,95)(H,89,96)(H,102,103)/t45-,47-,48-,49-,50-,51+,52+,53-,54+,55+,56+/m0/s1. The second-order valence-corrected chi connectivity index (χ2v) is 25.1. The zero-order chi connectivity index (χ0) is 75.8. The van der Waals surface area contributed by atoms with Crippen LogP contribution in [-0.2, 0) is 81.6 Å². The number of carboxylic acid groups (broad SMARTS) is 1. The van der Waals surface area contributed by atoms with Crippen molar-refractivity contribution in [2.24, 2.45) is 51.6 Å². The normalized spacial score (nSPS) is 14.4. The molecule has 0 unspecified atom stereocenters. The van der Waals surface area contributed by atoms with Crippen LogP contribution in [0.1, 0.15) is 119 Å². The Morgan fingerprint density at radius 1 is 0.330 bits per heavy atom. The molecule has 0 aliphatic heterocycles. The largest absolute Gasteiger partial charge is 0.480 e. The third-order valence-corrected chi connectivity index (χ3v) is 16.9. The van der Waals surface area contributed by atoms with Crippen molar-refractivity contribution in [1.82, 2.24) is 58.2 Å². The van der Waals surface area contributed by atoms with Crippen molar-refractivity contribution in [3.05, 3.63) is 108 Å². The maximum absolute atomic E-state index is 15.1. The van der Waals surface area contributed by atoms with Gasteiger partial charge < -0.3 is 115 Å². The first-order valence-corrected chi connectivity index (χ1v) is 34.8. The van der Waals surface area contributed by atoms with E-state index in [1.165, 1.54) is 0 Å². The van der Waals surface area contributed by atoms with Gasteiger partial charge in [0.2, 0.25) is 70.9 Å². The van der Waals surface area contributed by atoms with Gasteiger partial charge in [0.15, 0.2) is 0 Å². The van der Waals surface area contributed by atoms with Gasteiger partial charge >= 0.3 is 5.97 Å². The molecule has 0 spiro atoms. The van der Waals surface area contributed by atoms with Gasteiger partial charge in [-0.15, -0.1) is 0 Å². The zero-order valence-corrected chi connectivity index (χ0v) is 58.1. The summed E-state index contributed by atoms with van der Waals surface area (Å²) in [5.41, 5.74) is 54.2. The molecule has 0 saturated carbocycles. The van der Waals surface area contributed by atoms with Crippen LogP contribution in [-0.4, -0.2) is 193 Å². The molecule has 0 bridgehead atoms. The Balaban J connectivity index is 1.70. The van der Waals surface area contributed by atoms with Crippen LogP contribution < -0.4 is 105 Å². The highest BCUT2D eigenvalue weighted by Gasteiger charge is 2.37. The molecule has 11 atom stereocenters. The van der Waals surface area contributed by atoms with E-state index in [2.05, 4.69) is 58.2 Å². The number of carbonyl (C=O) groups is 13. The number of nitrogens with two attached hydrogens (primary N) is 9. The third kappa shape index (κ3) is 30.6. The maximum Gasteiger partial charge on any atom is 0.326 e. The van der Waals surface area contributed by atoms with E-state index in [-0.39, 0.29) is 148 Å². The molecule has 4 aromatic rings. The predicted octanol–water partition coefficient (Wildman–Crippen LogP) is -4.58. The van der Waals surface area contributed by atoms with Crippen LogP contribution in [0, 0.1) is 0 Å². The Morgan fingerprint density at radius 3 is 0.942 bits per heavy atom. The molecular formula is C69H106N20O14. The van der Waals surface area contributed by atoms with E-state index >= 15 is 4.79 Å². The Bertz CT molecular complexity index is 3400. The summed E-state index contributed by atoms with van der Waals surface area (Å²) in [6, 6.07) is 8.68. The minimum Gasteiger partial charge on any atom is -0.480 e. The number of carboxylic acids is 1. The second kappa shape index (κ2) is 46.5. The third-order valence-electron chi connectivity index (χ3n) is 16.9. The number of primary amides is 2. The van der Waals surface area contributed by atoms with Gasteiger partial charge in [-0.25, -0.2) is 4.79 Å². The lowest BCUT2D eigenvalue weighted by Gasteiger charge is -2.28. The number of aromatic nitrogens is 1.